The molecule has 2 N–H and O–H groups in total. The van der Waals surface area contributed by atoms with E-state index in [1.165, 1.54) is 0 Å². The first-order chi connectivity index (χ1) is 11.4. The molecule has 1 aromatic carbocycles. The van der Waals surface area contributed by atoms with Crippen molar-refractivity contribution in [1.29, 1.82) is 0 Å². The van der Waals surface area contributed by atoms with Crippen LogP contribution in [0.25, 0.3) is 0 Å². The Balaban J connectivity index is 1.67. The van der Waals surface area contributed by atoms with Crippen LogP contribution >= 0.6 is 0 Å². The molecule has 0 spiro atoms. The number of benzene rings is 1. The molecule has 0 aliphatic carbocycles. The molecule has 7 nitrogen and oxygen atoms in total. The number of carbonyl (C=O) groups is 1. The summed E-state index contributed by atoms with van der Waals surface area (Å²) in [5, 5.41) is 6.59. The first kappa shape index (κ1) is 16.7. The quantitative estimate of drug-likeness (QED) is 0.853. The van der Waals surface area contributed by atoms with Crippen LogP contribution in [-0.2, 0) is 14.8 Å². The second-order valence-corrected chi connectivity index (χ2v) is 7.73. The molecule has 1 atom stereocenters. The van der Waals surface area contributed by atoms with Gasteiger partial charge < -0.3 is 4.90 Å². The van der Waals surface area contributed by atoms with Crippen molar-refractivity contribution in [2.75, 3.05) is 18.0 Å². The van der Waals surface area contributed by atoms with Crippen molar-refractivity contribution in [3.8, 4) is 0 Å². The summed E-state index contributed by atoms with van der Waals surface area (Å²) in [6.07, 6.45) is 0.334. The first-order valence-corrected chi connectivity index (χ1v) is 9.23. The topological polar surface area (TPSA) is 95.2 Å². The van der Waals surface area contributed by atoms with E-state index in [-0.39, 0.29) is 23.3 Å². The van der Waals surface area contributed by atoms with Crippen LogP contribution in [0.1, 0.15) is 17.8 Å². The Morgan fingerprint density at radius 1 is 1.29 bits per heavy atom. The Hall–Kier alpha value is -2.19. The van der Waals surface area contributed by atoms with Crippen molar-refractivity contribution >= 4 is 21.6 Å². The number of anilines is 1. The van der Waals surface area contributed by atoms with Gasteiger partial charge in [0.2, 0.25) is 15.9 Å². The van der Waals surface area contributed by atoms with Crippen molar-refractivity contribution in [1.82, 2.24) is 14.9 Å². The number of para-hydroxylation sites is 1. The maximum absolute atomic E-state index is 12.5. The number of amides is 1. The third-order valence-corrected chi connectivity index (χ3v) is 5.85. The molecule has 0 saturated carbocycles. The number of aryl methyl sites for hydroxylation is 2. The smallest absolute Gasteiger partial charge is 0.244 e. The lowest BCUT2D eigenvalue weighted by atomic mass is 10.1. The molecule has 128 valence electrons. The average Bonchev–Trinajstić information content (AvgIpc) is 3.09. The molecule has 8 heteroatoms. The normalized spacial score (nSPS) is 18.3. The lowest BCUT2D eigenvalue weighted by molar-refractivity contribution is -0.117. The van der Waals surface area contributed by atoms with Crippen LogP contribution in [0.2, 0.25) is 0 Å². The van der Waals surface area contributed by atoms with Gasteiger partial charge in [0.05, 0.1) is 11.4 Å². The number of H-pyrrole nitrogens is 1. The highest BCUT2D eigenvalue weighted by atomic mass is 32.2. The summed E-state index contributed by atoms with van der Waals surface area (Å²) >= 11 is 0. The highest BCUT2D eigenvalue weighted by Gasteiger charge is 2.32. The van der Waals surface area contributed by atoms with E-state index in [1.54, 1.807) is 18.7 Å². The molecule has 1 amide bonds. The number of nitrogens with one attached hydrogen (secondary N) is 2. The molecule has 1 fully saturated rings. The van der Waals surface area contributed by atoms with Crippen LogP contribution in [0.15, 0.2) is 35.2 Å². The van der Waals surface area contributed by atoms with Gasteiger partial charge in [-0.25, -0.2) is 13.1 Å². The molecule has 2 aromatic rings. The van der Waals surface area contributed by atoms with Gasteiger partial charge in [0.1, 0.15) is 4.90 Å². The lowest BCUT2D eigenvalue weighted by Crippen LogP contribution is -2.31. The largest absolute Gasteiger partial charge is 0.312 e. The summed E-state index contributed by atoms with van der Waals surface area (Å²) in [4.78, 5) is 14.1. The Bertz CT molecular complexity index is 826. The van der Waals surface area contributed by atoms with E-state index in [9.17, 15) is 13.2 Å². The van der Waals surface area contributed by atoms with Gasteiger partial charge >= 0.3 is 0 Å². The SMILES string of the molecule is Cc1n[nH]c(C)c1S(=O)(=O)NCC1CC(=O)N(c2ccccc2)C1. The summed E-state index contributed by atoms with van der Waals surface area (Å²) in [5.41, 5.74) is 1.79. The molecular formula is C16H20N4O3S. The molecule has 0 bridgehead atoms. The number of sulfonamides is 1. The highest BCUT2D eigenvalue weighted by Crippen LogP contribution is 2.25. The minimum Gasteiger partial charge on any atom is -0.312 e. The Morgan fingerprint density at radius 3 is 2.62 bits per heavy atom. The summed E-state index contributed by atoms with van der Waals surface area (Å²) in [6.45, 7) is 4.05. The molecular weight excluding hydrogens is 328 g/mol. The van der Waals surface area contributed by atoms with Crippen molar-refractivity contribution in [2.45, 2.75) is 25.2 Å². The van der Waals surface area contributed by atoms with Crippen LogP contribution in [0, 0.1) is 19.8 Å². The number of nitrogens with zero attached hydrogens (tertiary/aromatic N) is 2. The van der Waals surface area contributed by atoms with Gasteiger partial charge in [-0.3, -0.25) is 9.89 Å². The van der Waals surface area contributed by atoms with E-state index in [2.05, 4.69) is 14.9 Å². The van der Waals surface area contributed by atoms with E-state index in [1.807, 2.05) is 30.3 Å². The summed E-state index contributed by atoms with van der Waals surface area (Å²) in [7, 11) is -3.64. The number of carbonyl (C=O) groups excluding carboxylic acids is 1. The molecule has 2 heterocycles. The third-order valence-electron chi connectivity index (χ3n) is 4.16. The van der Waals surface area contributed by atoms with Gasteiger partial charge in [-0.2, -0.15) is 5.10 Å². The fourth-order valence-electron chi connectivity index (χ4n) is 3.01. The fourth-order valence-corrected chi connectivity index (χ4v) is 4.49. The summed E-state index contributed by atoms with van der Waals surface area (Å²) in [6, 6.07) is 9.41. The van der Waals surface area contributed by atoms with Crippen LogP contribution in [0.3, 0.4) is 0 Å². The molecule has 1 saturated heterocycles. The van der Waals surface area contributed by atoms with Gasteiger partial charge in [0.25, 0.3) is 0 Å². The predicted molar refractivity (Wildman–Crippen MR) is 90.2 cm³/mol. The third kappa shape index (κ3) is 3.20. The van der Waals surface area contributed by atoms with Crippen molar-refractivity contribution < 1.29 is 13.2 Å². The molecule has 0 radical (unpaired) electrons. The predicted octanol–water partition coefficient (Wildman–Crippen LogP) is 1.36. The maximum atomic E-state index is 12.5. The van der Waals surface area contributed by atoms with Gasteiger partial charge in [-0.15, -0.1) is 0 Å². The van der Waals surface area contributed by atoms with Crippen LogP contribution < -0.4 is 9.62 Å². The van der Waals surface area contributed by atoms with Crippen molar-refractivity contribution in [2.24, 2.45) is 5.92 Å². The monoisotopic (exact) mass is 348 g/mol. The Morgan fingerprint density at radius 2 is 2.00 bits per heavy atom. The van der Waals surface area contributed by atoms with Gasteiger partial charge in [-0.1, -0.05) is 18.2 Å². The lowest BCUT2D eigenvalue weighted by Gasteiger charge is -2.17. The van der Waals surface area contributed by atoms with Crippen LogP contribution in [-0.4, -0.2) is 37.6 Å². The van der Waals surface area contributed by atoms with Gasteiger partial charge in [-0.05, 0) is 31.9 Å². The minimum absolute atomic E-state index is 0.0149. The van der Waals surface area contributed by atoms with E-state index in [4.69, 9.17) is 0 Å². The molecule has 1 aromatic heterocycles. The number of aromatic amines is 1. The molecule has 1 unspecified atom stereocenters. The zero-order valence-corrected chi connectivity index (χ0v) is 14.4. The van der Waals surface area contributed by atoms with E-state index in [0.29, 0.717) is 24.4 Å². The Labute approximate surface area is 141 Å². The highest BCUT2D eigenvalue weighted by molar-refractivity contribution is 7.89. The van der Waals surface area contributed by atoms with Crippen molar-refractivity contribution in [3.63, 3.8) is 0 Å². The molecule has 1 aliphatic rings. The minimum atomic E-state index is -3.64. The zero-order chi connectivity index (χ0) is 17.3. The van der Waals surface area contributed by atoms with E-state index in [0.717, 1.165) is 5.69 Å². The van der Waals surface area contributed by atoms with Crippen molar-refractivity contribution in [3.05, 3.63) is 41.7 Å². The standard InChI is InChI=1S/C16H20N4O3S/c1-11-16(12(2)19-18-11)24(22,23)17-9-13-8-15(21)20(10-13)14-6-4-3-5-7-14/h3-7,13,17H,8-10H2,1-2H3,(H,18,19). The van der Waals surface area contributed by atoms with Crippen LogP contribution in [0.5, 0.6) is 0 Å². The fraction of sp³-hybridized carbons (Fsp3) is 0.375. The molecule has 24 heavy (non-hydrogen) atoms. The van der Waals surface area contributed by atoms with Crippen LogP contribution in [0.4, 0.5) is 5.69 Å². The number of hydrogen-bond donors (Lipinski definition) is 2. The molecule has 3 rings (SSSR count). The van der Waals surface area contributed by atoms with Gasteiger partial charge in [0, 0.05) is 25.2 Å². The average molecular weight is 348 g/mol. The van der Waals surface area contributed by atoms with E-state index >= 15 is 0 Å². The number of aromatic nitrogens is 2. The first-order valence-electron chi connectivity index (χ1n) is 7.75. The summed E-state index contributed by atoms with van der Waals surface area (Å²) < 4.78 is 27.5. The van der Waals surface area contributed by atoms with E-state index < -0.39 is 10.0 Å². The maximum Gasteiger partial charge on any atom is 0.244 e. The zero-order valence-electron chi connectivity index (χ0n) is 13.6. The summed E-state index contributed by atoms with van der Waals surface area (Å²) in [5.74, 6) is -0.0407. The second-order valence-electron chi connectivity index (χ2n) is 6.03. The second kappa shape index (κ2) is 6.37. The number of rotatable bonds is 5. The van der Waals surface area contributed by atoms with Gasteiger partial charge in [0.15, 0.2) is 0 Å². The number of hydrogen-bond acceptors (Lipinski definition) is 4. The molecule has 1 aliphatic heterocycles. The Kier molecular flexibility index (Phi) is 4.42.